The zero-order chi connectivity index (χ0) is 17.1. The number of H-pyrrole nitrogens is 1. The van der Waals surface area contributed by atoms with Crippen LogP contribution >= 0.6 is 35.4 Å². The van der Waals surface area contributed by atoms with Crippen LogP contribution in [-0.4, -0.2) is 28.2 Å². The van der Waals surface area contributed by atoms with E-state index in [9.17, 15) is 0 Å². The molecule has 0 fully saturated rings. The molecule has 0 amide bonds. The molecule has 2 aromatic carbocycles. The van der Waals surface area contributed by atoms with E-state index in [-0.39, 0.29) is 0 Å². The van der Waals surface area contributed by atoms with Crippen molar-refractivity contribution in [3.05, 3.63) is 62.8 Å². The molecule has 0 aliphatic rings. The molecule has 5 nitrogen and oxygen atoms in total. The van der Waals surface area contributed by atoms with Crippen LogP contribution < -0.4 is 4.74 Å². The third-order valence-corrected chi connectivity index (χ3v) is 4.39. The molecular formula is C16H12Cl2N4OS. The predicted octanol–water partition coefficient (Wildman–Crippen LogP) is 4.81. The summed E-state index contributed by atoms with van der Waals surface area (Å²) in [5.41, 5.74) is 1.44. The van der Waals surface area contributed by atoms with Crippen molar-refractivity contribution in [2.45, 2.75) is 0 Å². The number of halogens is 2. The molecule has 0 aliphatic heterocycles. The number of ether oxygens (including phenoxy) is 1. The standard InChI is InChI=1S/C16H12Cl2N4OS/c1-23-13-8-3-2-6-11(13)15-20-21-16(24)22(15)19-9-10-5-4-7-12(17)14(10)18/h2-9H,1H3,(H,21,24). The van der Waals surface area contributed by atoms with Crippen LogP contribution in [0.2, 0.25) is 10.0 Å². The molecule has 122 valence electrons. The van der Waals surface area contributed by atoms with Crippen molar-refractivity contribution < 1.29 is 4.74 Å². The highest BCUT2D eigenvalue weighted by atomic mass is 35.5. The predicted molar refractivity (Wildman–Crippen MR) is 98.9 cm³/mol. The highest BCUT2D eigenvalue weighted by Gasteiger charge is 2.13. The Balaban J connectivity index is 2.07. The van der Waals surface area contributed by atoms with Crippen molar-refractivity contribution in [2.24, 2.45) is 5.10 Å². The Hall–Kier alpha value is -2.15. The molecule has 0 unspecified atom stereocenters. The van der Waals surface area contributed by atoms with Gasteiger partial charge in [-0.05, 0) is 30.4 Å². The van der Waals surface area contributed by atoms with Crippen LogP contribution in [0.4, 0.5) is 0 Å². The smallest absolute Gasteiger partial charge is 0.216 e. The SMILES string of the molecule is COc1ccccc1-c1n[nH]c(=S)n1N=Cc1cccc(Cl)c1Cl. The minimum atomic E-state index is 0.352. The van der Waals surface area contributed by atoms with Crippen molar-refractivity contribution >= 4 is 41.6 Å². The van der Waals surface area contributed by atoms with Gasteiger partial charge in [0.1, 0.15) is 5.75 Å². The third-order valence-electron chi connectivity index (χ3n) is 3.29. The lowest BCUT2D eigenvalue weighted by Crippen LogP contribution is -1.97. The van der Waals surface area contributed by atoms with Crippen LogP contribution in [0.1, 0.15) is 5.56 Å². The van der Waals surface area contributed by atoms with E-state index in [0.29, 0.717) is 32.0 Å². The molecule has 0 bridgehead atoms. The summed E-state index contributed by atoms with van der Waals surface area (Å²) in [7, 11) is 1.60. The van der Waals surface area contributed by atoms with Crippen LogP contribution in [0, 0.1) is 4.77 Å². The minimum Gasteiger partial charge on any atom is -0.496 e. The lowest BCUT2D eigenvalue weighted by atomic mass is 10.2. The van der Waals surface area contributed by atoms with Crippen molar-refractivity contribution in [1.29, 1.82) is 0 Å². The maximum absolute atomic E-state index is 6.18. The van der Waals surface area contributed by atoms with E-state index in [0.717, 1.165) is 5.56 Å². The lowest BCUT2D eigenvalue weighted by molar-refractivity contribution is 0.416. The van der Waals surface area contributed by atoms with Gasteiger partial charge in [-0.2, -0.15) is 14.9 Å². The number of nitrogens with one attached hydrogen (secondary N) is 1. The Bertz CT molecular complexity index is 965. The second-order valence-electron chi connectivity index (χ2n) is 4.75. The quantitative estimate of drug-likeness (QED) is 0.523. The molecule has 0 atom stereocenters. The van der Waals surface area contributed by atoms with Gasteiger partial charge in [-0.15, -0.1) is 0 Å². The number of rotatable bonds is 4. The normalized spacial score (nSPS) is 11.1. The van der Waals surface area contributed by atoms with Crippen LogP contribution in [0.25, 0.3) is 11.4 Å². The Morgan fingerprint density at radius 1 is 1.21 bits per heavy atom. The van der Waals surface area contributed by atoms with Crippen molar-refractivity contribution in [1.82, 2.24) is 14.9 Å². The van der Waals surface area contributed by atoms with Gasteiger partial charge >= 0.3 is 0 Å². The molecule has 1 heterocycles. The summed E-state index contributed by atoms with van der Waals surface area (Å²) in [5, 5.41) is 12.2. The molecule has 1 aromatic heterocycles. The van der Waals surface area contributed by atoms with E-state index in [1.165, 1.54) is 4.68 Å². The summed E-state index contributed by atoms with van der Waals surface area (Å²) >= 11 is 17.4. The van der Waals surface area contributed by atoms with Gasteiger partial charge in [-0.3, -0.25) is 0 Å². The lowest BCUT2D eigenvalue weighted by Gasteiger charge is -2.07. The molecule has 0 radical (unpaired) electrons. The number of para-hydroxylation sites is 1. The van der Waals surface area contributed by atoms with Crippen LogP contribution in [-0.2, 0) is 0 Å². The topological polar surface area (TPSA) is 55.2 Å². The highest BCUT2D eigenvalue weighted by Crippen LogP contribution is 2.28. The summed E-state index contributed by atoms with van der Waals surface area (Å²) in [6.07, 6.45) is 1.58. The van der Waals surface area contributed by atoms with Crippen LogP contribution in [0.5, 0.6) is 5.75 Å². The van der Waals surface area contributed by atoms with Gasteiger partial charge in [0, 0.05) is 5.56 Å². The first-order chi connectivity index (χ1) is 11.6. The minimum absolute atomic E-state index is 0.352. The van der Waals surface area contributed by atoms with E-state index in [1.807, 2.05) is 30.3 Å². The van der Waals surface area contributed by atoms with Gasteiger partial charge in [0.15, 0.2) is 5.82 Å². The molecule has 3 aromatic rings. The Labute approximate surface area is 153 Å². The first kappa shape index (κ1) is 16.7. The van der Waals surface area contributed by atoms with Gasteiger partial charge in [-0.25, -0.2) is 5.10 Å². The zero-order valence-electron chi connectivity index (χ0n) is 12.5. The van der Waals surface area contributed by atoms with E-state index < -0.39 is 0 Å². The fraction of sp³-hybridized carbons (Fsp3) is 0.0625. The summed E-state index contributed by atoms with van der Waals surface area (Å²) in [6.45, 7) is 0. The molecule has 1 N–H and O–H groups in total. The maximum atomic E-state index is 6.18. The van der Waals surface area contributed by atoms with Gasteiger partial charge < -0.3 is 4.74 Å². The summed E-state index contributed by atoms with van der Waals surface area (Å²) in [5.74, 6) is 1.20. The monoisotopic (exact) mass is 378 g/mol. The second kappa shape index (κ2) is 7.17. The summed E-state index contributed by atoms with van der Waals surface area (Å²) in [4.78, 5) is 0. The summed E-state index contributed by atoms with van der Waals surface area (Å²) < 4.78 is 7.23. The van der Waals surface area contributed by atoms with Gasteiger partial charge in [0.2, 0.25) is 4.77 Å². The fourth-order valence-electron chi connectivity index (χ4n) is 2.14. The number of nitrogens with zero attached hydrogens (tertiary/aromatic N) is 3. The largest absolute Gasteiger partial charge is 0.496 e. The third kappa shape index (κ3) is 3.21. The van der Waals surface area contributed by atoms with E-state index in [1.54, 1.807) is 25.5 Å². The van der Waals surface area contributed by atoms with Crippen LogP contribution in [0.3, 0.4) is 0 Å². The van der Waals surface area contributed by atoms with E-state index >= 15 is 0 Å². The van der Waals surface area contributed by atoms with E-state index in [4.69, 9.17) is 40.2 Å². The molecule has 0 saturated carbocycles. The Morgan fingerprint density at radius 3 is 2.79 bits per heavy atom. The van der Waals surface area contributed by atoms with E-state index in [2.05, 4.69) is 15.3 Å². The number of aromatic amines is 1. The molecular weight excluding hydrogens is 367 g/mol. The maximum Gasteiger partial charge on any atom is 0.216 e. The van der Waals surface area contributed by atoms with Crippen molar-refractivity contribution in [3.8, 4) is 17.1 Å². The number of hydrogen-bond acceptors (Lipinski definition) is 4. The number of methoxy groups -OCH3 is 1. The molecule has 0 saturated heterocycles. The fourth-order valence-corrected chi connectivity index (χ4v) is 2.68. The molecule has 3 rings (SSSR count). The Morgan fingerprint density at radius 2 is 2.00 bits per heavy atom. The zero-order valence-corrected chi connectivity index (χ0v) is 14.9. The first-order valence-electron chi connectivity index (χ1n) is 6.91. The summed E-state index contributed by atoms with van der Waals surface area (Å²) in [6, 6.07) is 12.8. The average Bonchev–Trinajstić information content (AvgIpc) is 2.97. The van der Waals surface area contributed by atoms with Gasteiger partial charge in [-0.1, -0.05) is 47.5 Å². The Kier molecular flexibility index (Phi) is 4.99. The molecule has 0 aliphatic carbocycles. The van der Waals surface area contributed by atoms with Crippen molar-refractivity contribution in [2.75, 3.05) is 7.11 Å². The second-order valence-corrected chi connectivity index (χ2v) is 5.92. The number of benzene rings is 2. The van der Waals surface area contributed by atoms with Gasteiger partial charge in [0.25, 0.3) is 0 Å². The average molecular weight is 379 g/mol. The van der Waals surface area contributed by atoms with Gasteiger partial charge in [0.05, 0.1) is 28.9 Å². The molecule has 8 heteroatoms. The highest BCUT2D eigenvalue weighted by molar-refractivity contribution is 7.71. The first-order valence-corrected chi connectivity index (χ1v) is 8.07. The van der Waals surface area contributed by atoms with Crippen molar-refractivity contribution in [3.63, 3.8) is 0 Å². The molecule has 0 spiro atoms. The molecule has 24 heavy (non-hydrogen) atoms. The number of hydrogen-bond donors (Lipinski definition) is 1. The van der Waals surface area contributed by atoms with Crippen LogP contribution in [0.15, 0.2) is 47.6 Å². The number of aromatic nitrogens is 3.